The van der Waals surface area contributed by atoms with Gasteiger partial charge in [-0.1, -0.05) is 66.2 Å². The molecular formula is C32H27ClN2O. The predicted molar refractivity (Wildman–Crippen MR) is 149 cm³/mol. The number of benzene rings is 4. The highest BCUT2D eigenvalue weighted by atomic mass is 35.5. The van der Waals surface area contributed by atoms with Crippen molar-refractivity contribution in [2.45, 2.75) is 25.0 Å². The molecule has 0 aromatic heterocycles. The first-order valence-corrected chi connectivity index (χ1v) is 12.7. The molecule has 0 unspecified atom stereocenters. The number of allylic oxidation sites excluding steroid dienone is 2. The van der Waals surface area contributed by atoms with Gasteiger partial charge in [-0.3, -0.25) is 4.99 Å². The molecule has 2 aliphatic rings. The standard InChI is InChI=1S/C32H27ClN2O/c33-25-6-3-5-23(19-25)21-36-27-17-11-22(12-18-27)20-34-26-15-13-24(14-16-26)32-30-9-4-8-28(30)29-7-1-2-10-31(29)35-32/h1-8,10-20,28,30,32,35H,9,21H2/t28-,30-,32-/m0/s1. The lowest BCUT2D eigenvalue weighted by molar-refractivity contribution is 0.306. The van der Waals surface area contributed by atoms with E-state index in [2.05, 4.69) is 71.0 Å². The van der Waals surface area contributed by atoms with Crippen LogP contribution in [0.5, 0.6) is 5.75 Å². The zero-order chi connectivity index (χ0) is 24.3. The van der Waals surface area contributed by atoms with Gasteiger partial charge in [0.25, 0.3) is 0 Å². The molecule has 36 heavy (non-hydrogen) atoms. The average molecular weight is 491 g/mol. The molecule has 0 saturated carbocycles. The molecule has 4 aromatic rings. The molecule has 0 fully saturated rings. The van der Waals surface area contributed by atoms with Crippen LogP contribution in [0.3, 0.4) is 0 Å². The summed E-state index contributed by atoms with van der Waals surface area (Å²) in [7, 11) is 0. The monoisotopic (exact) mass is 490 g/mol. The quantitative estimate of drug-likeness (QED) is 0.217. The van der Waals surface area contributed by atoms with E-state index in [-0.39, 0.29) is 0 Å². The number of fused-ring (bicyclic) bond motifs is 3. The van der Waals surface area contributed by atoms with E-state index in [1.165, 1.54) is 16.8 Å². The topological polar surface area (TPSA) is 33.6 Å². The Hall–Kier alpha value is -3.82. The van der Waals surface area contributed by atoms with Crippen molar-refractivity contribution in [1.29, 1.82) is 0 Å². The molecule has 4 heteroatoms. The predicted octanol–water partition coefficient (Wildman–Crippen LogP) is 8.50. The highest BCUT2D eigenvalue weighted by Gasteiger charge is 2.37. The Morgan fingerprint density at radius 3 is 2.58 bits per heavy atom. The van der Waals surface area contributed by atoms with E-state index in [1.807, 2.05) is 54.7 Å². The lowest BCUT2D eigenvalue weighted by atomic mass is 9.77. The van der Waals surface area contributed by atoms with Gasteiger partial charge in [0.05, 0.1) is 11.7 Å². The molecule has 1 aliphatic heterocycles. The third-order valence-electron chi connectivity index (χ3n) is 7.06. The van der Waals surface area contributed by atoms with E-state index in [0.29, 0.717) is 24.5 Å². The molecule has 0 bridgehead atoms. The summed E-state index contributed by atoms with van der Waals surface area (Å²) in [6.45, 7) is 0.486. The Balaban J connectivity index is 1.10. The minimum Gasteiger partial charge on any atom is -0.489 e. The van der Waals surface area contributed by atoms with Crippen molar-refractivity contribution in [3.05, 3.63) is 136 Å². The van der Waals surface area contributed by atoms with E-state index >= 15 is 0 Å². The number of ether oxygens (including phenoxy) is 1. The van der Waals surface area contributed by atoms with Crippen LogP contribution in [0.4, 0.5) is 11.4 Å². The molecule has 1 N–H and O–H groups in total. The third kappa shape index (κ3) is 4.80. The van der Waals surface area contributed by atoms with Crippen molar-refractivity contribution in [2.75, 3.05) is 5.32 Å². The number of anilines is 1. The van der Waals surface area contributed by atoms with Crippen molar-refractivity contribution in [2.24, 2.45) is 10.9 Å². The Morgan fingerprint density at radius 2 is 1.75 bits per heavy atom. The van der Waals surface area contributed by atoms with E-state index in [1.54, 1.807) is 0 Å². The van der Waals surface area contributed by atoms with Gasteiger partial charge in [0.2, 0.25) is 0 Å². The number of hydrogen-bond donors (Lipinski definition) is 1. The highest BCUT2D eigenvalue weighted by Crippen LogP contribution is 2.49. The van der Waals surface area contributed by atoms with Gasteiger partial charge >= 0.3 is 0 Å². The lowest BCUT2D eigenvalue weighted by Gasteiger charge is -2.37. The number of nitrogens with zero attached hydrogens (tertiary/aromatic N) is 1. The summed E-state index contributed by atoms with van der Waals surface area (Å²) in [5, 5.41) is 4.51. The number of hydrogen-bond acceptors (Lipinski definition) is 3. The van der Waals surface area contributed by atoms with Crippen molar-refractivity contribution in [1.82, 2.24) is 0 Å². The van der Waals surface area contributed by atoms with E-state index in [4.69, 9.17) is 16.3 Å². The van der Waals surface area contributed by atoms with Gasteiger partial charge in [0.1, 0.15) is 12.4 Å². The highest BCUT2D eigenvalue weighted by molar-refractivity contribution is 6.30. The maximum Gasteiger partial charge on any atom is 0.119 e. The summed E-state index contributed by atoms with van der Waals surface area (Å²) in [5.74, 6) is 1.86. The zero-order valence-electron chi connectivity index (χ0n) is 19.8. The largest absolute Gasteiger partial charge is 0.489 e. The van der Waals surface area contributed by atoms with E-state index in [0.717, 1.165) is 34.0 Å². The zero-order valence-corrected chi connectivity index (χ0v) is 20.6. The second-order valence-electron chi connectivity index (χ2n) is 9.40. The molecular weight excluding hydrogens is 464 g/mol. The smallest absolute Gasteiger partial charge is 0.119 e. The van der Waals surface area contributed by atoms with Crippen LogP contribution in [-0.2, 0) is 6.61 Å². The molecule has 0 radical (unpaired) electrons. The van der Waals surface area contributed by atoms with Crippen LogP contribution in [0.15, 0.2) is 114 Å². The number of halogens is 1. The summed E-state index contributed by atoms with van der Waals surface area (Å²) in [4.78, 5) is 4.68. The van der Waals surface area contributed by atoms with Gasteiger partial charge in [-0.25, -0.2) is 0 Å². The van der Waals surface area contributed by atoms with Crippen molar-refractivity contribution in [3.63, 3.8) is 0 Å². The third-order valence-corrected chi connectivity index (χ3v) is 7.30. The fraction of sp³-hybridized carbons (Fsp3) is 0.156. The molecule has 178 valence electrons. The summed E-state index contributed by atoms with van der Waals surface area (Å²) in [5.41, 5.74) is 6.98. The number of rotatable bonds is 6. The Bertz CT molecular complexity index is 1410. The minimum absolute atomic E-state index is 0.303. The van der Waals surface area contributed by atoms with Crippen LogP contribution in [0.2, 0.25) is 5.02 Å². The van der Waals surface area contributed by atoms with Crippen molar-refractivity contribution in [3.8, 4) is 5.75 Å². The first-order chi connectivity index (χ1) is 17.7. The van der Waals surface area contributed by atoms with Crippen LogP contribution in [0.1, 0.15) is 40.6 Å². The number of nitrogens with one attached hydrogen (secondary N) is 1. The summed E-state index contributed by atoms with van der Waals surface area (Å²) < 4.78 is 5.87. The first kappa shape index (κ1) is 22.6. The molecule has 6 rings (SSSR count). The maximum atomic E-state index is 6.04. The van der Waals surface area contributed by atoms with Crippen LogP contribution in [-0.4, -0.2) is 6.21 Å². The SMILES string of the molecule is Clc1cccc(COc2ccc(C=Nc3ccc([C@@H]4Nc5ccccc5[C@@H]5C=CC[C@@H]54)cc3)cc2)c1. The van der Waals surface area contributed by atoms with Crippen LogP contribution in [0.25, 0.3) is 0 Å². The van der Waals surface area contributed by atoms with Gasteiger partial charge in [0.15, 0.2) is 0 Å². The number of aliphatic imine (C=N–C) groups is 1. The lowest BCUT2D eigenvalue weighted by Crippen LogP contribution is -2.28. The van der Waals surface area contributed by atoms with Gasteiger partial charge in [-0.2, -0.15) is 0 Å². The first-order valence-electron chi connectivity index (χ1n) is 12.4. The summed E-state index contributed by atoms with van der Waals surface area (Å²) >= 11 is 6.04. The second kappa shape index (κ2) is 10.0. The Kier molecular flexibility index (Phi) is 6.31. The van der Waals surface area contributed by atoms with Crippen molar-refractivity contribution < 1.29 is 4.74 Å². The molecule has 0 spiro atoms. The Labute approximate surface area is 217 Å². The fourth-order valence-electron chi connectivity index (χ4n) is 5.23. The molecule has 1 aliphatic carbocycles. The normalized spacial score (nSPS) is 20.1. The summed E-state index contributed by atoms with van der Waals surface area (Å²) in [6.07, 6.45) is 7.71. The minimum atomic E-state index is 0.303. The molecule has 4 aromatic carbocycles. The van der Waals surface area contributed by atoms with Crippen LogP contribution in [0, 0.1) is 5.92 Å². The maximum absolute atomic E-state index is 6.04. The molecule has 0 saturated heterocycles. The van der Waals surface area contributed by atoms with Gasteiger partial charge in [-0.15, -0.1) is 0 Å². The van der Waals surface area contributed by atoms with Crippen LogP contribution >= 0.6 is 11.6 Å². The summed E-state index contributed by atoms with van der Waals surface area (Å²) in [6, 6.07) is 33.3. The van der Waals surface area contributed by atoms with Crippen molar-refractivity contribution >= 4 is 29.2 Å². The van der Waals surface area contributed by atoms with E-state index < -0.39 is 0 Å². The average Bonchev–Trinajstić information content (AvgIpc) is 3.42. The molecule has 3 atom stereocenters. The molecule has 1 heterocycles. The second-order valence-corrected chi connectivity index (χ2v) is 9.84. The van der Waals surface area contributed by atoms with Gasteiger partial charge in [-0.05, 0) is 89.2 Å². The number of para-hydroxylation sites is 1. The molecule has 3 nitrogen and oxygen atoms in total. The van der Waals surface area contributed by atoms with Crippen LogP contribution < -0.4 is 10.1 Å². The van der Waals surface area contributed by atoms with E-state index in [9.17, 15) is 0 Å². The Morgan fingerprint density at radius 1 is 0.917 bits per heavy atom. The fourth-order valence-corrected chi connectivity index (χ4v) is 5.45. The van der Waals surface area contributed by atoms with Gasteiger partial charge < -0.3 is 10.1 Å². The molecule has 0 amide bonds. The van der Waals surface area contributed by atoms with Gasteiger partial charge in [0, 0.05) is 22.8 Å².